The van der Waals surface area contributed by atoms with Crippen molar-refractivity contribution < 1.29 is 8.42 Å². The van der Waals surface area contributed by atoms with Gasteiger partial charge in [-0.15, -0.1) is 0 Å². The van der Waals surface area contributed by atoms with Crippen molar-refractivity contribution in [2.24, 2.45) is 5.41 Å². The van der Waals surface area contributed by atoms with Gasteiger partial charge in [-0.1, -0.05) is 0 Å². The van der Waals surface area contributed by atoms with E-state index < -0.39 is 9.84 Å². The Bertz CT molecular complexity index is 914. The fourth-order valence-electron chi connectivity index (χ4n) is 2.99. The fraction of sp³-hybridized carbons (Fsp3) is 0.667. The molecular formula is C15H22N4O3S. The van der Waals surface area contributed by atoms with Crippen LogP contribution in [0.2, 0.25) is 0 Å². The largest absolute Gasteiger partial charge is 0.298 e. The van der Waals surface area contributed by atoms with Gasteiger partial charge in [-0.05, 0) is 33.6 Å². The second-order valence-electron chi connectivity index (χ2n) is 7.71. The first-order valence-electron chi connectivity index (χ1n) is 7.62. The van der Waals surface area contributed by atoms with Crippen LogP contribution in [0.1, 0.15) is 33.6 Å². The molecule has 0 atom stereocenters. The minimum absolute atomic E-state index is 0.117. The third kappa shape index (κ3) is 3.17. The third-order valence-corrected chi connectivity index (χ3v) is 5.36. The van der Waals surface area contributed by atoms with Crippen molar-refractivity contribution in [2.75, 3.05) is 12.0 Å². The molecule has 0 saturated heterocycles. The summed E-state index contributed by atoms with van der Waals surface area (Å²) in [5, 5.41) is 4.75. The topological polar surface area (TPSA) is 86.9 Å². The lowest BCUT2D eigenvalue weighted by Crippen LogP contribution is -2.29. The maximum atomic E-state index is 12.7. The normalized spacial score (nSPS) is 17.6. The minimum atomic E-state index is -3.06. The molecular weight excluding hydrogens is 316 g/mol. The van der Waals surface area contributed by atoms with E-state index in [-0.39, 0.29) is 22.3 Å². The average Bonchev–Trinajstić information content (AvgIpc) is 2.97. The van der Waals surface area contributed by atoms with Gasteiger partial charge in [-0.3, -0.25) is 9.36 Å². The van der Waals surface area contributed by atoms with E-state index in [9.17, 15) is 13.2 Å². The second-order valence-corrected chi connectivity index (χ2v) is 9.85. The van der Waals surface area contributed by atoms with Crippen LogP contribution in [0.25, 0.3) is 11.0 Å². The van der Waals surface area contributed by atoms with Crippen molar-refractivity contribution in [1.29, 1.82) is 0 Å². The summed E-state index contributed by atoms with van der Waals surface area (Å²) in [6, 6.07) is 0. The van der Waals surface area contributed by atoms with Gasteiger partial charge >= 0.3 is 0 Å². The highest BCUT2D eigenvalue weighted by molar-refractivity contribution is 7.90. The van der Waals surface area contributed by atoms with Crippen molar-refractivity contribution in [2.45, 2.75) is 45.7 Å². The van der Waals surface area contributed by atoms with E-state index in [1.807, 2.05) is 20.8 Å². The van der Waals surface area contributed by atoms with Crippen molar-refractivity contribution in [3.05, 3.63) is 22.9 Å². The Kier molecular flexibility index (Phi) is 3.44. The molecule has 126 valence electrons. The van der Waals surface area contributed by atoms with Crippen LogP contribution < -0.4 is 5.56 Å². The Hall–Kier alpha value is -1.70. The van der Waals surface area contributed by atoms with E-state index in [0.717, 1.165) is 12.8 Å². The van der Waals surface area contributed by atoms with Gasteiger partial charge < -0.3 is 0 Å². The zero-order valence-electron chi connectivity index (χ0n) is 13.9. The summed E-state index contributed by atoms with van der Waals surface area (Å²) in [6.45, 7) is 6.39. The van der Waals surface area contributed by atoms with Gasteiger partial charge in [0.05, 0.1) is 23.8 Å². The summed E-state index contributed by atoms with van der Waals surface area (Å²) in [7, 11) is -3.06. The lowest BCUT2D eigenvalue weighted by atomic mass is 10.1. The first-order valence-corrected chi connectivity index (χ1v) is 9.68. The molecule has 0 aliphatic heterocycles. The molecule has 0 radical (unpaired) electrons. The molecule has 2 aromatic rings. The van der Waals surface area contributed by atoms with Gasteiger partial charge in [-0.25, -0.2) is 18.1 Å². The highest BCUT2D eigenvalue weighted by Gasteiger charge is 2.45. The summed E-state index contributed by atoms with van der Waals surface area (Å²) in [5.74, 6) is 0.117. The van der Waals surface area contributed by atoms with Crippen LogP contribution in [0.3, 0.4) is 0 Å². The van der Waals surface area contributed by atoms with Crippen LogP contribution in [-0.4, -0.2) is 39.8 Å². The Labute approximate surface area is 135 Å². The van der Waals surface area contributed by atoms with Gasteiger partial charge in [-0.2, -0.15) is 5.10 Å². The predicted octanol–water partition coefficient (Wildman–Crippen LogP) is 1.17. The van der Waals surface area contributed by atoms with Crippen molar-refractivity contribution >= 4 is 20.9 Å². The number of fused-ring (bicyclic) bond motifs is 1. The van der Waals surface area contributed by atoms with E-state index in [2.05, 4.69) is 10.1 Å². The lowest BCUT2D eigenvalue weighted by Gasteiger charge is -2.20. The molecule has 0 bridgehead atoms. The molecule has 0 unspecified atom stereocenters. The summed E-state index contributed by atoms with van der Waals surface area (Å²) >= 11 is 0. The number of nitrogens with zero attached hydrogens (tertiary/aromatic N) is 4. The molecule has 0 N–H and O–H groups in total. The minimum Gasteiger partial charge on any atom is -0.298 e. The monoisotopic (exact) mass is 338 g/mol. The van der Waals surface area contributed by atoms with E-state index >= 15 is 0 Å². The van der Waals surface area contributed by atoms with Gasteiger partial charge in [0.25, 0.3) is 5.56 Å². The zero-order chi connectivity index (χ0) is 17.0. The number of hydrogen-bond donors (Lipinski definition) is 0. The number of rotatable bonds is 4. The second kappa shape index (κ2) is 4.90. The SMILES string of the molecule is CC(C)(C)n1ncc2c(=O)n(CC3(CS(C)(=O)=O)CC3)cnc21. The standard InChI is InChI=1S/C15H22N4O3S/c1-14(2,3)19-12-11(7-17-19)13(20)18(10-16-12)8-15(5-6-15)9-23(4,21)22/h7,10H,5-6,8-9H2,1-4H3. The Balaban J connectivity index is 1.98. The highest BCUT2D eigenvalue weighted by atomic mass is 32.2. The molecule has 8 heteroatoms. The quantitative estimate of drug-likeness (QED) is 0.835. The first kappa shape index (κ1) is 16.2. The third-order valence-electron chi connectivity index (χ3n) is 4.22. The average molecular weight is 338 g/mol. The summed E-state index contributed by atoms with van der Waals surface area (Å²) in [5.41, 5.74) is -0.175. The molecule has 0 aromatic carbocycles. The van der Waals surface area contributed by atoms with Crippen LogP contribution in [0.15, 0.2) is 17.3 Å². The summed E-state index contributed by atoms with van der Waals surface area (Å²) in [6.07, 6.45) is 5.95. The predicted molar refractivity (Wildman–Crippen MR) is 88.2 cm³/mol. The molecule has 1 saturated carbocycles. The molecule has 3 rings (SSSR count). The number of hydrogen-bond acceptors (Lipinski definition) is 5. The summed E-state index contributed by atoms with van der Waals surface area (Å²) in [4.78, 5) is 17.1. The van der Waals surface area contributed by atoms with Crippen molar-refractivity contribution in [3.63, 3.8) is 0 Å². The van der Waals surface area contributed by atoms with E-state index in [1.165, 1.54) is 17.2 Å². The van der Waals surface area contributed by atoms with Crippen LogP contribution >= 0.6 is 0 Å². The summed E-state index contributed by atoms with van der Waals surface area (Å²) < 4.78 is 26.4. The van der Waals surface area contributed by atoms with Crippen LogP contribution in [0.4, 0.5) is 0 Å². The van der Waals surface area contributed by atoms with E-state index in [4.69, 9.17) is 0 Å². The van der Waals surface area contributed by atoms with Gasteiger partial charge in [0, 0.05) is 18.2 Å². The highest BCUT2D eigenvalue weighted by Crippen LogP contribution is 2.47. The Morgan fingerprint density at radius 2 is 1.96 bits per heavy atom. The maximum Gasteiger partial charge on any atom is 0.264 e. The Morgan fingerprint density at radius 3 is 2.48 bits per heavy atom. The first-order chi connectivity index (χ1) is 10.5. The molecule has 1 aliphatic carbocycles. The molecule has 2 heterocycles. The van der Waals surface area contributed by atoms with E-state index in [1.54, 1.807) is 10.9 Å². The zero-order valence-corrected chi connectivity index (χ0v) is 14.7. The Morgan fingerprint density at radius 1 is 1.30 bits per heavy atom. The number of sulfone groups is 1. The number of aromatic nitrogens is 4. The molecule has 23 heavy (non-hydrogen) atoms. The molecule has 1 aliphatic rings. The van der Waals surface area contributed by atoms with E-state index in [0.29, 0.717) is 17.6 Å². The molecule has 7 nitrogen and oxygen atoms in total. The van der Waals surface area contributed by atoms with Gasteiger partial charge in [0.2, 0.25) is 0 Å². The van der Waals surface area contributed by atoms with Crippen molar-refractivity contribution in [3.8, 4) is 0 Å². The smallest absolute Gasteiger partial charge is 0.264 e. The molecule has 1 fully saturated rings. The molecule has 0 spiro atoms. The molecule has 2 aromatic heterocycles. The van der Waals surface area contributed by atoms with Crippen molar-refractivity contribution in [1.82, 2.24) is 19.3 Å². The fourth-order valence-corrected chi connectivity index (χ4v) is 4.49. The van der Waals surface area contributed by atoms with Crippen LogP contribution in [0.5, 0.6) is 0 Å². The molecule has 0 amide bonds. The van der Waals surface area contributed by atoms with Gasteiger partial charge in [0.15, 0.2) is 5.65 Å². The van der Waals surface area contributed by atoms with Crippen LogP contribution in [0, 0.1) is 5.41 Å². The van der Waals surface area contributed by atoms with Gasteiger partial charge in [0.1, 0.15) is 15.2 Å². The lowest BCUT2D eigenvalue weighted by molar-refractivity contribution is 0.365. The van der Waals surface area contributed by atoms with Crippen LogP contribution in [-0.2, 0) is 21.9 Å². The maximum absolute atomic E-state index is 12.7.